The van der Waals surface area contributed by atoms with Crippen molar-refractivity contribution in [3.05, 3.63) is 78.4 Å². The predicted molar refractivity (Wildman–Crippen MR) is 143 cm³/mol. The number of methoxy groups -OCH3 is 1. The van der Waals surface area contributed by atoms with E-state index in [0.717, 1.165) is 11.1 Å². The Kier molecular flexibility index (Phi) is 6.94. The van der Waals surface area contributed by atoms with Gasteiger partial charge in [0.15, 0.2) is 0 Å². The molecule has 3 N–H and O–H groups in total. The highest BCUT2D eigenvalue weighted by Crippen LogP contribution is 2.46. The van der Waals surface area contributed by atoms with Crippen LogP contribution in [0, 0.1) is 0 Å². The van der Waals surface area contributed by atoms with Crippen molar-refractivity contribution in [1.82, 2.24) is 4.90 Å². The van der Waals surface area contributed by atoms with E-state index >= 15 is 0 Å². The average molecular weight is 502 g/mol. The average Bonchev–Trinajstić information content (AvgIpc) is 3.65. The van der Waals surface area contributed by atoms with E-state index < -0.39 is 23.1 Å². The number of carboxylic acid groups (broad SMARTS) is 1. The maximum atomic E-state index is 13.3. The number of rotatable bonds is 7. The Hall–Kier alpha value is -4.33. The third-order valence-electron chi connectivity index (χ3n) is 6.40. The molecule has 37 heavy (non-hydrogen) atoms. The lowest BCUT2D eigenvalue weighted by molar-refractivity contribution is -0.124. The molecule has 0 unspecified atom stereocenters. The summed E-state index contributed by atoms with van der Waals surface area (Å²) in [6, 6.07) is 22.1. The predicted octanol–water partition coefficient (Wildman–Crippen LogP) is 5.86. The van der Waals surface area contributed by atoms with Crippen LogP contribution < -0.4 is 15.4 Å². The van der Waals surface area contributed by atoms with E-state index in [1.165, 1.54) is 12.0 Å². The molecule has 3 amide bonds. The molecule has 0 heterocycles. The van der Waals surface area contributed by atoms with Crippen molar-refractivity contribution in [3.8, 4) is 16.9 Å². The van der Waals surface area contributed by atoms with Gasteiger partial charge >= 0.3 is 6.09 Å². The van der Waals surface area contributed by atoms with Gasteiger partial charge in [-0.15, -0.1) is 0 Å². The highest BCUT2D eigenvalue weighted by atomic mass is 16.5. The van der Waals surface area contributed by atoms with Gasteiger partial charge in [-0.05, 0) is 75.1 Å². The molecule has 8 heteroatoms. The van der Waals surface area contributed by atoms with Crippen molar-refractivity contribution >= 4 is 29.3 Å². The van der Waals surface area contributed by atoms with Crippen LogP contribution in [-0.4, -0.2) is 46.1 Å². The molecular weight excluding hydrogens is 470 g/mol. The van der Waals surface area contributed by atoms with Crippen LogP contribution in [0.1, 0.15) is 44.0 Å². The molecule has 8 nitrogen and oxygen atoms in total. The molecule has 0 saturated heterocycles. The molecule has 4 rings (SSSR count). The summed E-state index contributed by atoms with van der Waals surface area (Å²) < 4.78 is 5.40. The third kappa shape index (κ3) is 5.43. The Bertz CT molecular complexity index is 1310. The van der Waals surface area contributed by atoms with E-state index in [0.29, 0.717) is 35.5 Å². The van der Waals surface area contributed by atoms with E-state index in [1.54, 1.807) is 51.1 Å². The number of carbonyl (C=O) groups excluding carboxylic acids is 2. The first-order valence-corrected chi connectivity index (χ1v) is 12.0. The molecule has 0 bridgehead atoms. The van der Waals surface area contributed by atoms with Gasteiger partial charge in [0.05, 0.1) is 12.8 Å². The van der Waals surface area contributed by atoms with Gasteiger partial charge in [-0.3, -0.25) is 14.5 Å². The molecular formula is C29H31N3O5. The van der Waals surface area contributed by atoms with Crippen molar-refractivity contribution < 1.29 is 24.2 Å². The minimum Gasteiger partial charge on any atom is -0.495 e. The van der Waals surface area contributed by atoms with Crippen LogP contribution >= 0.6 is 0 Å². The van der Waals surface area contributed by atoms with Crippen LogP contribution in [0.3, 0.4) is 0 Å². The van der Waals surface area contributed by atoms with Crippen molar-refractivity contribution in [3.63, 3.8) is 0 Å². The minimum atomic E-state index is -1.15. The largest absolute Gasteiger partial charge is 0.495 e. The Morgan fingerprint density at radius 3 is 2.05 bits per heavy atom. The highest BCUT2D eigenvalue weighted by molar-refractivity contribution is 6.06. The van der Waals surface area contributed by atoms with Crippen molar-refractivity contribution in [2.24, 2.45) is 0 Å². The highest BCUT2D eigenvalue weighted by Gasteiger charge is 2.59. The monoisotopic (exact) mass is 501 g/mol. The second kappa shape index (κ2) is 9.97. The molecule has 1 aliphatic rings. The first-order valence-electron chi connectivity index (χ1n) is 12.0. The van der Waals surface area contributed by atoms with Crippen LogP contribution in [0.25, 0.3) is 11.1 Å². The number of ether oxygens (including phenoxy) is 1. The molecule has 0 aliphatic heterocycles. The van der Waals surface area contributed by atoms with Crippen LogP contribution in [0.4, 0.5) is 16.2 Å². The van der Waals surface area contributed by atoms with Gasteiger partial charge in [0.25, 0.3) is 11.8 Å². The Morgan fingerprint density at radius 2 is 1.51 bits per heavy atom. The van der Waals surface area contributed by atoms with Gasteiger partial charge in [-0.25, -0.2) is 4.79 Å². The maximum Gasteiger partial charge on any atom is 0.408 e. The molecule has 0 spiro atoms. The smallest absolute Gasteiger partial charge is 0.408 e. The summed E-state index contributed by atoms with van der Waals surface area (Å²) in [4.78, 5) is 39.4. The second-order valence-corrected chi connectivity index (χ2v) is 10.1. The first-order chi connectivity index (χ1) is 17.5. The number of carbonyl (C=O) groups is 3. The summed E-state index contributed by atoms with van der Waals surface area (Å²) in [5.41, 5.74) is 1.46. The normalized spacial score (nSPS) is 13.8. The Morgan fingerprint density at radius 1 is 0.892 bits per heavy atom. The summed E-state index contributed by atoms with van der Waals surface area (Å²) >= 11 is 0. The Labute approximate surface area is 216 Å². The summed E-state index contributed by atoms with van der Waals surface area (Å²) in [6.45, 7) is 5.28. The summed E-state index contributed by atoms with van der Waals surface area (Å²) in [5, 5.41) is 15.5. The third-order valence-corrected chi connectivity index (χ3v) is 6.40. The summed E-state index contributed by atoms with van der Waals surface area (Å²) in [7, 11) is 1.48. The molecule has 0 radical (unpaired) electrons. The molecule has 1 aliphatic carbocycles. The number of hydrogen-bond acceptors (Lipinski definition) is 4. The van der Waals surface area contributed by atoms with Crippen LogP contribution in [0.15, 0.2) is 72.8 Å². The van der Waals surface area contributed by atoms with Crippen molar-refractivity contribution in [2.45, 2.75) is 44.7 Å². The van der Waals surface area contributed by atoms with E-state index in [1.807, 2.05) is 42.5 Å². The van der Waals surface area contributed by atoms with Gasteiger partial charge in [0.1, 0.15) is 11.3 Å². The molecule has 192 valence electrons. The fourth-order valence-corrected chi connectivity index (χ4v) is 4.55. The van der Waals surface area contributed by atoms with E-state index in [-0.39, 0.29) is 5.91 Å². The molecule has 0 atom stereocenters. The van der Waals surface area contributed by atoms with Gasteiger partial charge in [0, 0.05) is 16.8 Å². The van der Waals surface area contributed by atoms with Gasteiger partial charge in [-0.1, -0.05) is 42.5 Å². The van der Waals surface area contributed by atoms with Crippen LogP contribution in [-0.2, 0) is 4.79 Å². The standard InChI is InChI=1S/C29H31N3O5/c1-28(2,3)32(27(35)36)29(16-17-29)26(34)31-23-18-22(14-15-24(23)37-4)30-25(33)21-12-10-20(11-13-21)19-8-6-5-7-9-19/h5-15,18H,16-17H2,1-4H3,(H,30,33)(H,31,34)(H,35,36). The molecule has 0 aromatic heterocycles. The van der Waals surface area contributed by atoms with E-state index in [9.17, 15) is 19.5 Å². The number of nitrogens with zero attached hydrogens (tertiary/aromatic N) is 1. The molecule has 3 aromatic rings. The number of nitrogens with one attached hydrogen (secondary N) is 2. The van der Waals surface area contributed by atoms with Crippen molar-refractivity contribution in [2.75, 3.05) is 17.7 Å². The molecule has 1 saturated carbocycles. The zero-order chi connectivity index (χ0) is 26.8. The van der Waals surface area contributed by atoms with Crippen LogP contribution in [0.5, 0.6) is 5.75 Å². The zero-order valence-electron chi connectivity index (χ0n) is 21.4. The topological polar surface area (TPSA) is 108 Å². The summed E-state index contributed by atoms with van der Waals surface area (Å²) in [6.07, 6.45) is -0.285. The minimum absolute atomic E-state index is 0.300. The van der Waals surface area contributed by atoms with Gasteiger partial charge in [-0.2, -0.15) is 0 Å². The quantitative estimate of drug-likeness (QED) is 0.376. The number of anilines is 2. The second-order valence-electron chi connectivity index (χ2n) is 10.1. The SMILES string of the molecule is COc1ccc(NC(=O)c2ccc(-c3ccccc3)cc2)cc1NC(=O)C1(N(C(=O)O)C(C)(C)C)CC1. The zero-order valence-corrected chi connectivity index (χ0v) is 21.4. The first kappa shape index (κ1) is 25.8. The van der Waals surface area contributed by atoms with Crippen molar-refractivity contribution in [1.29, 1.82) is 0 Å². The Balaban J connectivity index is 1.51. The maximum absolute atomic E-state index is 13.3. The number of amides is 3. The molecule has 3 aromatic carbocycles. The van der Waals surface area contributed by atoms with Crippen LogP contribution in [0.2, 0.25) is 0 Å². The van der Waals surface area contributed by atoms with Gasteiger partial charge < -0.3 is 20.5 Å². The fraction of sp³-hybridized carbons (Fsp3) is 0.276. The summed E-state index contributed by atoms with van der Waals surface area (Å²) in [5.74, 6) is -0.333. The van der Waals surface area contributed by atoms with Gasteiger partial charge in [0.2, 0.25) is 0 Å². The number of hydrogen-bond donors (Lipinski definition) is 3. The fourth-order valence-electron chi connectivity index (χ4n) is 4.55. The van der Waals surface area contributed by atoms with E-state index in [2.05, 4.69) is 10.6 Å². The number of benzene rings is 3. The lowest BCUT2D eigenvalue weighted by atomic mass is 10.0. The lowest BCUT2D eigenvalue weighted by Gasteiger charge is -2.39. The molecule has 1 fully saturated rings. The van der Waals surface area contributed by atoms with E-state index in [4.69, 9.17) is 4.74 Å². The lowest BCUT2D eigenvalue weighted by Crippen LogP contribution is -2.57.